The van der Waals surface area contributed by atoms with Crippen molar-refractivity contribution in [1.29, 1.82) is 0 Å². The topological polar surface area (TPSA) is 33.7 Å². The van der Waals surface area contributed by atoms with E-state index in [0.717, 1.165) is 31.1 Å². The van der Waals surface area contributed by atoms with Crippen molar-refractivity contribution in [1.82, 2.24) is 10.2 Å². The van der Waals surface area contributed by atoms with Crippen molar-refractivity contribution in [3.63, 3.8) is 0 Å². The molecule has 1 fully saturated rings. The van der Waals surface area contributed by atoms with Gasteiger partial charge < -0.3 is 19.7 Å². The lowest BCUT2D eigenvalue weighted by molar-refractivity contribution is 0.174. The zero-order valence-electron chi connectivity index (χ0n) is 11.1. The van der Waals surface area contributed by atoms with Crippen molar-refractivity contribution in [2.45, 2.75) is 6.54 Å². The number of ether oxygens (including phenoxy) is 2. The largest absolute Gasteiger partial charge is 0.454 e. The minimum Gasteiger partial charge on any atom is -0.454 e. The van der Waals surface area contributed by atoms with E-state index in [1.807, 2.05) is 6.07 Å². The molecule has 0 aliphatic carbocycles. The predicted octanol–water partition coefficient (Wildman–Crippen LogP) is 1.55. The van der Waals surface area contributed by atoms with Gasteiger partial charge in [-0.25, -0.2) is 0 Å². The Bertz CT molecular complexity index is 422. The molecule has 0 unspecified atom stereocenters. The highest BCUT2D eigenvalue weighted by atomic mass is 32.2. The second-order valence-electron chi connectivity index (χ2n) is 4.82. The van der Waals surface area contributed by atoms with Gasteiger partial charge in [0.05, 0.1) is 0 Å². The average molecular weight is 280 g/mol. The standard InChI is InChI=1S/C14H20N2O2S/c1-2-13-14(18-11-17-13)9-12(1)10-15-3-4-16-5-7-19-8-6-16/h1-2,9,15H,3-8,10-11H2. The number of hydrogen-bond acceptors (Lipinski definition) is 5. The lowest BCUT2D eigenvalue weighted by Crippen LogP contribution is -2.37. The molecule has 104 valence electrons. The molecule has 0 bridgehead atoms. The van der Waals surface area contributed by atoms with E-state index < -0.39 is 0 Å². The van der Waals surface area contributed by atoms with Crippen LogP contribution >= 0.6 is 11.8 Å². The molecule has 0 spiro atoms. The lowest BCUT2D eigenvalue weighted by Gasteiger charge is -2.26. The molecule has 2 aliphatic heterocycles. The number of benzene rings is 1. The number of thioether (sulfide) groups is 1. The molecule has 4 nitrogen and oxygen atoms in total. The van der Waals surface area contributed by atoms with Crippen molar-refractivity contribution in [2.75, 3.05) is 44.5 Å². The van der Waals surface area contributed by atoms with Crippen LogP contribution in [0.25, 0.3) is 0 Å². The first-order chi connectivity index (χ1) is 9.42. The molecule has 0 radical (unpaired) electrons. The molecule has 5 heteroatoms. The van der Waals surface area contributed by atoms with E-state index in [4.69, 9.17) is 9.47 Å². The second kappa shape index (κ2) is 6.50. The highest BCUT2D eigenvalue weighted by Crippen LogP contribution is 2.32. The molecular formula is C14H20N2O2S. The van der Waals surface area contributed by atoms with E-state index in [1.54, 1.807) is 0 Å². The first-order valence-electron chi connectivity index (χ1n) is 6.81. The number of nitrogens with zero attached hydrogens (tertiary/aromatic N) is 1. The number of nitrogens with one attached hydrogen (secondary N) is 1. The van der Waals surface area contributed by atoms with Crippen LogP contribution in [0.15, 0.2) is 18.2 Å². The summed E-state index contributed by atoms with van der Waals surface area (Å²) in [6, 6.07) is 6.14. The molecule has 1 N–H and O–H groups in total. The van der Waals surface area contributed by atoms with Gasteiger partial charge in [-0.1, -0.05) is 6.07 Å². The third-order valence-electron chi connectivity index (χ3n) is 3.47. The SMILES string of the molecule is c1cc2c(cc1CNCCN1CCSCC1)OCO2. The molecule has 3 rings (SSSR count). The van der Waals surface area contributed by atoms with E-state index in [9.17, 15) is 0 Å². The van der Waals surface area contributed by atoms with E-state index in [1.165, 1.54) is 30.2 Å². The van der Waals surface area contributed by atoms with Crippen LogP contribution in [0.3, 0.4) is 0 Å². The summed E-state index contributed by atoms with van der Waals surface area (Å²) in [5, 5.41) is 3.50. The summed E-state index contributed by atoms with van der Waals surface area (Å²) in [6.07, 6.45) is 0. The Morgan fingerprint density at radius 1 is 1.16 bits per heavy atom. The molecule has 0 aromatic heterocycles. The quantitative estimate of drug-likeness (QED) is 0.828. The first-order valence-corrected chi connectivity index (χ1v) is 7.97. The van der Waals surface area contributed by atoms with Gasteiger partial charge in [0.1, 0.15) is 0 Å². The average Bonchev–Trinajstić information content (AvgIpc) is 2.92. The van der Waals surface area contributed by atoms with Crippen LogP contribution in [0.4, 0.5) is 0 Å². The van der Waals surface area contributed by atoms with Crippen LogP contribution in [0.2, 0.25) is 0 Å². The van der Waals surface area contributed by atoms with Gasteiger partial charge in [-0.3, -0.25) is 0 Å². The maximum absolute atomic E-state index is 5.38. The highest BCUT2D eigenvalue weighted by molar-refractivity contribution is 7.99. The summed E-state index contributed by atoms with van der Waals surface area (Å²) in [7, 11) is 0. The van der Waals surface area contributed by atoms with Gasteiger partial charge >= 0.3 is 0 Å². The zero-order chi connectivity index (χ0) is 12.9. The van der Waals surface area contributed by atoms with Crippen LogP contribution in [0, 0.1) is 0 Å². The highest BCUT2D eigenvalue weighted by Gasteiger charge is 2.13. The van der Waals surface area contributed by atoms with Crippen molar-refractivity contribution in [3.05, 3.63) is 23.8 Å². The fourth-order valence-corrected chi connectivity index (χ4v) is 3.32. The summed E-state index contributed by atoms with van der Waals surface area (Å²) < 4.78 is 10.7. The molecule has 1 saturated heterocycles. The minimum absolute atomic E-state index is 0.346. The Morgan fingerprint density at radius 2 is 2.00 bits per heavy atom. The second-order valence-corrected chi connectivity index (χ2v) is 6.04. The zero-order valence-corrected chi connectivity index (χ0v) is 11.9. The molecule has 2 aliphatic rings. The van der Waals surface area contributed by atoms with Crippen LogP contribution in [-0.2, 0) is 6.54 Å². The maximum Gasteiger partial charge on any atom is 0.231 e. The number of hydrogen-bond donors (Lipinski definition) is 1. The molecule has 2 heterocycles. The van der Waals surface area contributed by atoms with Gasteiger partial charge in [0.15, 0.2) is 11.5 Å². The smallest absolute Gasteiger partial charge is 0.231 e. The van der Waals surface area contributed by atoms with Gasteiger partial charge in [0.2, 0.25) is 6.79 Å². The van der Waals surface area contributed by atoms with E-state index in [2.05, 4.69) is 34.1 Å². The lowest BCUT2D eigenvalue weighted by atomic mass is 10.2. The third kappa shape index (κ3) is 3.55. The van der Waals surface area contributed by atoms with Gasteiger partial charge in [0, 0.05) is 44.2 Å². The normalized spacial score (nSPS) is 18.7. The fraction of sp³-hybridized carbons (Fsp3) is 0.571. The Labute approximate surface area is 118 Å². The molecule has 0 amide bonds. The molecule has 1 aromatic rings. The summed E-state index contributed by atoms with van der Waals surface area (Å²) in [6.45, 7) is 5.88. The summed E-state index contributed by atoms with van der Waals surface area (Å²) >= 11 is 2.06. The van der Waals surface area contributed by atoms with Gasteiger partial charge in [0.25, 0.3) is 0 Å². The van der Waals surface area contributed by atoms with Gasteiger partial charge in [-0.15, -0.1) is 0 Å². The van der Waals surface area contributed by atoms with E-state index in [0.29, 0.717) is 6.79 Å². The number of rotatable bonds is 5. The Kier molecular flexibility index (Phi) is 4.48. The van der Waals surface area contributed by atoms with Crippen LogP contribution in [0.5, 0.6) is 11.5 Å². The van der Waals surface area contributed by atoms with Crippen LogP contribution in [-0.4, -0.2) is 49.4 Å². The maximum atomic E-state index is 5.38. The molecule has 0 atom stereocenters. The van der Waals surface area contributed by atoms with Crippen molar-refractivity contribution in [2.24, 2.45) is 0 Å². The summed E-state index contributed by atoms with van der Waals surface area (Å²) in [4.78, 5) is 2.53. The van der Waals surface area contributed by atoms with E-state index in [-0.39, 0.29) is 0 Å². The van der Waals surface area contributed by atoms with Crippen molar-refractivity contribution < 1.29 is 9.47 Å². The molecule has 19 heavy (non-hydrogen) atoms. The third-order valence-corrected chi connectivity index (χ3v) is 4.42. The number of fused-ring (bicyclic) bond motifs is 1. The minimum atomic E-state index is 0.346. The van der Waals surface area contributed by atoms with Crippen molar-refractivity contribution in [3.8, 4) is 11.5 Å². The van der Waals surface area contributed by atoms with Gasteiger partial charge in [-0.05, 0) is 17.7 Å². The Morgan fingerprint density at radius 3 is 2.89 bits per heavy atom. The predicted molar refractivity (Wildman–Crippen MR) is 78.0 cm³/mol. The fourth-order valence-electron chi connectivity index (χ4n) is 2.35. The van der Waals surface area contributed by atoms with Crippen LogP contribution < -0.4 is 14.8 Å². The van der Waals surface area contributed by atoms with Crippen LogP contribution in [0.1, 0.15) is 5.56 Å². The Balaban J connectivity index is 1.40. The van der Waals surface area contributed by atoms with Crippen molar-refractivity contribution >= 4 is 11.8 Å². The van der Waals surface area contributed by atoms with E-state index >= 15 is 0 Å². The monoisotopic (exact) mass is 280 g/mol. The summed E-state index contributed by atoms with van der Waals surface area (Å²) in [5.74, 6) is 4.28. The molecular weight excluding hydrogens is 260 g/mol. The Hall–Kier alpha value is -0.910. The first kappa shape index (κ1) is 13.1. The summed E-state index contributed by atoms with van der Waals surface area (Å²) in [5.41, 5.74) is 1.25. The molecule has 0 saturated carbocycles. The molecule has 1 aromatic carbocycles. The van der Waals surface area contributed by atoms with Gasteiger partial charge in [-0.2, -0.15) is 11.8 Å².